The number of methoxy groups -OCH3 is 2. The number of benzene rings is 2. The average Bonchev–Trinajstić information content (AvgIpc) is 2.72. The van der Waals surface area contributed by atoms with Crippen molar-refractivity contribution in [2.75, 3.05) is 57.2 Å². The SMILES string of the molecule is COc1ccc(NCC(=O)N2CCN(c3ccccc3F)CC2)c(OC)c1. The molecule has 2 aromatic carbocycles. The normalized spacial score (nSPS) is 14.0. The van der Waals surface area contributed by atoms with Crippen LogP contribution in [0.25, 0.3) is 0 Å². The fourth-order valence-corrected chi connectivity index (χ4v) is 3.13. The second kappa shape index (κ2) is 8.62. The smallest absolute Gasteiger partial charge is 0.241 e. The van der Waals surface area contributed by atoms with E-state index in [1.165, 1.54) is 6.07 Å². The maximum Gasteiger partial charge on any atom is 0.241 e. The second-order valence-corrected chi connectivity index (χ2v) is 6.24. The molecule has 27 heavy (non-hydrogen) atoms. The Bertz CT molecular complexity index is 792. The van der Waals surface area contributed by atoms with Crippen molar-refractivity contribution in [1.82, 2.24) is 4.90 Å². The molecule has 1 aliphatic heterocycles. The van der Waals surface area contributed by atoms with E-state index in [-0.39, 0.29) is 18.3 Å². The van der Waals surface area contributed by atoms with Crippen molar-refractivity contribution in [3.8, 4) is 11.5 Å². The molecule has 0 atom stereocenters. The van der Waals surface area contributed by atoms with Gasteiger partial charge in [0.25, 0.3) is 0 Å². The van der Waals surface area contributed by atoms with Gasteiger partial charge in [0.05, 0.1) is 32.1 Å². The monoisotopic (exact) mass is 373 g/mol. The van der Waals surface area contributed by atoms with Crippen LogP contribution in [0.2, 0.25) is 0 Å². The van der Waals surface area contributed by atoms with Gasteiger partial charge in [0.1, 0.15) is 17.3 Å². The molecule has 0 unspecified atom stereocenters. The van der Waals surface area contributed by atoms with E-state index < -0.39 is 0 Å². The lowest BCUT2D eigenvalue weighted by atomic mass is 10.2. The third-order valence-corrected chi connectivity index (χ3v) is 4.66. The highest BCUT2D eigenvalue weighted by Gasteiger charge is 2.22. The number of piperazine rings is 1. The number of rotatable bonds is 6. The van der Waals surface area contributed by atoms with Gasteiger partial charge in [-0.05, 0) is 24.3 Å². The van der Waals surface area contributed by atoms with Gasteiger partial charge < -0.3 is 24.6 Å². The molecule has 3 rings (SSSR count). The summed E-state index contributed by atoms with van der Waals surface area (Å²) in [4.78, 5) is 16.3. The van der Waals surface area contributed by atoms with Gasteiger partial charge in [0.15, 0.2) is 0 Å². The molecule has 1 heterocycles. The number of carbonyl (C=O) groups excluding carboxylic acids is 1. The van der Waals surface area contributed by atoms with Gasteiger partial charge in [-0.15, -0.1) is 0 Å². The number of ether oxygens (including phenoxy) is 2. The molecule has 0 bridgehead atoms. The molecular weight excluding hydrogens is 349 g/mol. The summed E-state index contributed by atoms with van der Waals surface area (Å²) >= 11 is 0. The molecule has 0 aliphatic carbocycles. The van der Waals surface area contributed by atoms with E-state index in [1.807, 2.05) is 23.1 Å². The van der Waals surface area contributed by atoms with Gasteiger partial charge in [0.2, 0.25) is 5.91 Å². The van der Waals surface area contributed by atoms with Crippen LogP contribution in [0.3, 0.4) is 0 Å². The van der Waals surface area contributed by atoms with E-state index in [9.17, 15) is 9.18 Å². The molecule has 144 valence electrons. The van der Waals surface area contributed by atoms with Crippen LogP contribution in [0.15, 0.2) is 42.5 Å². The van der Waals surface area contributed by atoms with Crippen LogP contribution >= 0.6 is 0 Å². The summed E-state index contributed by atoms with van der Waals surface area (Å²) < 4.78 is 24.4. The molecule has 1 saturated heterocycles. The zero-order chi connectivity index (χ0) is 19.2. The Morgan fingerprint density at radius 2 is 1.81 bits per heavy atom. The highest BCUT2D eigenvalue weighted by atomic mass is 19.1. The number of amides is 1. The summed E-state index contributed by atoms with van der Waals surface area (Å²) in [6.45, 7) is 2.52. The van der Waals surface area contributed by atoms with Crippen molar-refractivity contribution >= 4 is 17.3 Å². The first-order valence-corrected chi connectivity index (χ1v) is 8.85. The fourth-order valence-electron chi connectivity index (χ4n) is 3.13. The van der Waals surface area contributed by atoms with Crippen molar-refractivity contribution in [2.45, 2.75) is 0 Å². The Morgan fingerprint density at radius 3 is 2.48 bits per heavy atom. The van der Waals surface area contributed by atoms with Crippen LogP contribution in [0.1, 0.15) is 0 Å². The largest absolute Gasteiger partial charge is 0.497 e. The van der Waals surface area contributed by atoms with Gasteiger partial charge in [0, 0.05) is 32.2 Å². The van der Waals surface area contributed by atoms with Gasteiger partial charge >= 0.3 is 0 Å². The van der Waals surface area contributed by atoms with E-state index in [2.05, 4.69) is 5.32 Å². The van der Waals surface area contributed by atoms with Gasteiger partial charge in [-0.25, -0.2) is 4.39 Å². The van der Waals surface area contributed by atoms with E-state index >= 15 is 0 Å². The Kier molecular flexibility index (Phi) is 6.01. The zero-order valence-electron chi connectivity index (χ0n) is 15.6. The molecule has 1 fully saturated rings. The van der Waals surface area contributed by atoms with E-state index in [1.54, 1.807) is 37.3 Å². The number of carbonyl (C=O) groups is 1. The Balaban J connectivity index is 1.54. The van der Waals surface area contributed by atoms with Crippen molar-refractivity contribution in [2.24, 2.45) is 0 Å². The van der Waals surface area contributed by atoms with Crippen molar-refractivity contribution in [1.29, 1.82) is 0 Å². The lowest BCUT2D eigenvalue weighted by Gasteiger charge is -2.36. The van der Waals surface area contributed by atoms with E-state index in [4.69, 9.17) is 9.47 Å². The van der Waals surface area contributed by atoms with Crippen LogP contribution in [0, 0.1) is 5.82 Å². The van der Waals surface area contributed by atoms with Crippen molar-refractivity contribution in [3.63, 3.8) is 0 Å². The molecule has 6 nitrogen and oxygen atoms in total. The third-order valence-electron chi connectivity index (χ3n) is 4.66. The van der Waals surface area contributed by atoms with Crippen molar-refractivity contribution in [3.05, 3.63) is 48.3 Å². The van der Waals surface area contributed by atoms with Gasteiger partial charge in [-0.2, -0.15) is 0 Å². The lowest BCUT2D eigenvalue weighted by molar-refractivity contribution is -0.129. The molecule has 0 saturated carbocycles. The first-order valence-electron chi connectivity index (χ1n) is 8.85. The topological polar surface area (TPSA) is 54.0 Å². The predicted octanol–water partition coefficient (Wildman–Crippen LogP) is 2.60. The summed E-state index contributed by atoms with van der Waals surface area (Å²) in [5.74, 6) is 1.08. The van der Waals surface area contributed by atoms with E-state index in [0.717, 1.165) is 5.69 Å². The minimum Gasteiger partial charge on any atom is -0.497 e. The van der Waals surface area contributed by atoms with Crippen LogP contribution in [-0.4, -0.2) is 57.8 Å². The first kappa shape index (κ1) is 18.8. The van der Waals surface area contributed by atoms with Crippen LogP contribution < -0.4 is 19.7 Å². The van der Waals surface area contributed by atoms with Crippen LogP contribution in [0.4, 0.5) is 15.8 Å². The Hall–Kier alpha value is -2.96. The lowest BCUT2D eigenvalue weighted by Crippen LogP contribution is -2.50. The second-order valence-electron chi connectivity index (χ2n) is 6.24. The van der Waals surface area contributed by atoms with Crippen LogP contribution in [0.5, 0.6) is 11.5 Å². The molecule has 0 radical (unpaired) electrons. The minimum atomic E-state index is -0.231. The number of para-hydroxylation sites is 1. The average molecular weight is 373 g/mol. The standard InChI is InChI=1S/C20H24FN3O3/c1-26-15-7-8-17(19(13-15)27-2)22-14-20(25)24-11-9-23(10-12-24)18-6-4-3-5-16(18)21/h3-8,13,22H,9-12,14H2,1-2H3. The summed E-state index contributed by atoms with van der Waals surface area (Å²) in [5.41, 5.74) is 1.32. The predicted molar refractivity (Wildman–Crippen MR) is 103 cm³/mol. The molecule has 1 aliphatic rings. The Labute approximate surface area is 158 Å². The van der Waals surface area contributed by atoms with Crippen molar-refractivity contribution < 1.29 is 18.7 Å². The molecule has 7 heteroatoms. The number of nitrogens with zero attached hydrogens (tertiary/aromatic N) is 2. The van der Waals surface area contributed by atoms with Crippen LogP contribution in [-0.2, 0) is 4.79 Å². The number of halogens is 1. The summed E-state index contributed by atoms with van der Waals surface area (Å²) in [5, 5.41) is 3.12. The number of anilines is 2. The molecule has 0 aromatic heterocycles. The zero-order valence-corrected chi connectivity index (χ0v) is 15.6. The quantitative estimate of drug-likeness (QED) is 0.844. The summed E-state index contributed by atoms with van der Waals surface area (Å²) in [6.07, 6.45) is 0. The fraction of sp³-hybridized carbons (Fsp3) is 0.350. The molecule has 1 N–H and O–H groups in total. The molecule has 0 spiro atoms. The summed E-state index contributed by atoms with van der Waals surface area (Å²) in [7, 11) is 3.16. The third kappa shape index (κ3) is 4.42. The first-order chi connectivity index (χ1) is 13.1. The van der Waals surface area contributed by atoms with Gasteiger partial charge in [-0.3, -0.25) is 4.79 Å². The Morgan fingerprint density at radius 1 is 1.07 bits per heavy atom. The molecular formula is C20H24FN3O3. The summed E-state index contributed by atoms with van der Waals surface area (Å²) in [6, 6.07) is 12.1. The number of hydrogen-bond acceptors (Lipinski definition) is 5. The highest BCUT2D eigenvalue weighted by Crippen LogP contribution is 2.29. The number of nitrogens with one attached hydrogen (secondary N) is 1. The highest BCUT2D eigenvalue weighted by molar-refractivity contribution is 5.82. The maximum absolute atomic E-state index is 13.9. The minimum absolute atomic E-state index is 0.000977. The maximum atomic E-state index is 13.9. The molecule has 2 aromatic rings. The van der Waals surface area contributed by atoms with Gasteiger partial charge in [-0.1, -0.05) is 12.1 Å². The van der Waals surface area contributed by atoms with E-state index in [0.29, 0.717) is 43.4 Å². The molecule has 1 amide bonds. The number of hydrogen-bond donors (Lipinski definition) is 1.